The summed E-state index contributed by atoms with van der Waals surface area (Å²) >= 11 is 1.63. The van der Waals surface area contributed by atoms with E-state index < -0.39 is 0 Å². The topological polar surface area (TPSA) is 81.8 Å². The predicted molar refractivity (Wildman–Crippen MR) is 87.0 cm³/mol. The van der Waals surface area contributed by atoms with Gasteiger partial charge in [-0.2, -0.15) is 21.5 Å². The van der Waals surface area contributed by atoms with Gasteiger partial charge in [0, 0.05) is 35.9 Å². The second kappa shape index (κ2) is 7.01. The van der Waals surface area contributed by atoms with Crippen LogP contribution in [0.15, 0.2) is 52.2 Å². The molecule has 0 saturated carbocycles. The van der Waals surface area contributed by atoms with E-state index in [4.69, 9.17) is 0 Å². The van der Waals surface area contributed by atoms with Gasteiger partial charge in [0.2, 0.25) is 5.91 Å². The zero-order valence-corrected chi connectivity index (χ0v) is 13.1. The fourth-order valence-electron chi connectivity index (χ4n) is 2.06. The highest BCUT2D eigenvalue weighted by molar-refractivity contribution is 7.08. The van der Waals surface area contributed by atoms with Gasteiger partial charge in [-0.15, -0.1) is 0 Å². The summed E-state index contributed by atoms with van der Waals surface area (Å²) in [6.07, 6.45) is 3.35. The summed E-state index contributed by atoms with van der Waals surface area (Å²) in [6.45, 7) is 0.914. The number of amides is 1. The van der Waals surface area contributed by atoms with E-state index in [-0.39, 0.29) is 18.0 Å². The molecular weight excluding hydrogens is 314 g/mol. The minimum absolute atomic E-state index is 0.0844. The van der Waals surface area contributed by atoms with Crippen LogP contribution in [0.1, 0.15) is 0 Å². The Balaban J connectivity index is 1.49. The van der Waals surface area contributed by atoms with Crippen LogP contribution in [0.3, 0.4) is 0 Å². The molecule has 0 aliphatic rings. The molecule has 0 atom stereocenters. The zero-order chi connectivity index (χ0) is 16.1. The van der Waals surface area contributed by atoms with Crippen molar-refractivity contribution >= 4 is 17.2 Å². The van der Waals surface area contributed by atoms with E-state index in [1.165, 1.54) is 12.3 Å². The van der Waals surface area contributed by atoms with Crippen molar-refractivity contribution in [3.05, 3.63) is 57.8 Å². The van der Waals surface area contributed by atoms with E-state index in [9.17, 15) is 9.59 Å². The van der Waals surface area contributed by atoms with Crippen molar-refractivity contribution < 1.29 is 4.79 Å². The standard InChI is InChI=1S/C15H15N5O2S/c21-14(10-20-15(22)2-1-5-17-20)16-6-8-19-7-3-13(18-19)12-4-9-23-11-12/h1-5,7,9,11H,6,8,10H2,(H,16,21). The van der Waals surface area contributed by atoms with Crippen LogP contribution in [0.5, 0.6) is 0 Å². The summed E-state index contributed by atoms with van der Waals surface area (Å²) in [6, 6.07) is 6.87. The Kier molecular flexibility index (Phi) is 4.62. The molecule has 0 unspecified atom stereocenters. The summed E-state index contributed by atoms with van der Waals surface area (Å²) in [5.74, 6) is -0.254. The molecule has 3 rings (SSSR count). The molecule has 0 aromatic carbocycles. The molecule has 0 bridgehead atoms. The number of hydrogen-bond acceptors (Lipinski definition) is 5. The lowest BCUT2D eigenvalue weighted by Gasteiger charge is -2.06. The summed E-state index contributed by atoms with van der Waals surface area (Å²) < 4.78 is 2.90. The normalized spacial score (nSPS) is 10.6. The average molecular weight is 329 g/mol. The largest absolute Gasteiger partial charge is 0.353 e. The number of carbonyl (C=O) groups excluding carboxylic acids is 1. The van der Waals surface area contributed by atoms with Crippen molar-refractivity contribution in [2.24, 2.45) is 0 Å². The van der Waals surface area contributed by atoms with E-state index in [2.05, 4.69) is 15.5 Å². The van der Waals surface area contributed by atoms with Crippen LogP contribution in [0, 0.1) is 0 Å². The van der Waals surface area contributed by atoms with Crippen molar-refractivity contribution in [2.75, 3.05) is 6.54 Å². The first-order valence-electron chi connectivity index (χ1n) is 7.07. The van der Waals surface area contributed by atoms with Crippen molar-refractivity contribution in [3.63, 3.8) is 0 Å². The van der Waals surface area contributed by atoms with Gasteiger partial charge in [0.05, 0.1) is 12.2 Å². The third kappa shape index (κ3) is 3.92. The highest BCUT2D eigenvalue weighted by atomic mass is 32.1. The molecule has 1 N–H and O–H groups in total. The van der Waals surface area contributed by atoms with Crippen LogP contribution in [-0.4, -0.2) is 32.0 Å². The molecule has 0 saturated heterocycles. The molecule has 7 nitrogen and oxygen atoms in total. The van der Waals surface area contributed by atoms with E-state index >= 15 is 0 Å². The second-order valence-corrected chi connectivity index (χ2v) is 5.63. The lowest BCUT2D eigenvalue weighted by atomic mass is 10.2. The number of thiophene rings is 1. The summed E-state index contributed by atoms with van der Waals surface area (Å²) in [5, 5.41) is 15.1. The van der Waals surface area contributed by atoms with E-state index in [1.54, 1.807) is 22.1 Å². The molecule has 3 aromatic heterocycles. The molecule has 0 radical (unpaired) electrons. The maximum atomic E-state index is 11.8. The van der Waals surface area contributed by atoms with Crippen molar-refractivity contribution in [3.8, 4) is 11.3 Å². The molecular formula is C15H15N5O2S. The molecule has 23 heavy (non-hydrogen) atoms. The highest BCUT2D eigenvalue weighted by Crippen LogP contribution is 2.19. The summed E-state index contributed by atoms with van der Waals surface area (Å²) in [5.41, 5.74) is 1.71. The van der Waals surface area contributed by atoms with E-state index in [1.807, 2.05) is 29.1 Å². The molecule has 1 amide bonds. The highest BCUT2D eigenvalue weighted by Gasteiger charge is 2.05. The molecule has 0 fully saturated rings. The summed E-state index contributed by atoms with van der Waals surface area (Å²) in [7, 11) is 0. The predicted octanol–water partition coefficient (Wildman–Crippen LogP) is 0.985. The van der Waals surface area contributed by atoms with E-state index in [0.29, 0.717) is 13.1 Å². The van der Waals surface area contributed by atoms with Gasteiger partial charge < -0.3 is 5.32 Å². The Bertz CT molecular complexity index is 837. The SMILES string of the molecule is O=C(Cn1ncccc1=O)NCCn1ccc(-c2ccsc2)n1. The van der Waals surface area contributed by atoms with Gasteiger partial charge in [0.1, 0.15) is 6.54 Å². The first-order chi connectivity index (χ1) is 11.2. The lowest BCUT2D eigenvalue weighted by Crippen LogP contribution is -2.34. The van der Waals surface area contributed by atoms with Crippen molar-refractivity contribution in [1.29, 1.82) is 0 Å². The van der Waals surface area contributed by atoms with Crippen molar-refractivity contribution in [1.82, 2.24) is 24.9 Å². The van der Waals surface area contributed by atoms with Crippen LogP contribution >= 0.6 is 11.3 Å². The first-order valence-corrected chi connectivity index (χ1v) is 8.01. The lowest BCUT2D eigenvalue weighted by molar-refractivity contribution is -0.121. The van der Waals surface area contributed by atoms with Crippen LogP contribution in [-0.2, 0) is 17.9 Å². The Morgan fingerprint density at radius 3 is 3.00 bits per heavy atom. The van der Waals surface area contributed by atoms with Crippen LogP contribution < -0.4 is 10.9 Å². The molecule has 0 spiro atoms. The maximum Gasteiger partial charge on any atom is 0.267 e. The minimum atomic E-state index is -0.296. The Hall–Kier alpha value is -2.74. The minimum Gasteiger partial charge on any atom is -0.353 e. The van der Waals surface area contributed by atoms with Gasteiger partial charge in [-0.05, 0) is 23.6 Å². The van der Waals surface area contributed by atoms with Gasteiger partial charge in [0.15, 0.2) is 0 Å². The monoisotopic (exact) mass is 329 g/mol. The van der Waals surface area contributed by atoms with Gasteiger partial charge in [0.25, 0.3) is 5.56 Å². The Morgan fingerprint density at radius 2 is 2.22 bits per heavy atom. The maximum absolute atomic E-state index is 11.8. The number of rotatable bonds is 6. The van der Waals surface area contributed by atoms with Gasteiger partial charge in [-0.3, -0.25) is 14.3 Å². The quantitative estimate of drug-likeness (QED) is 0.731. The van der Waals surface area contributed by atoms with Gasteiger partial charge in [-0.1, -0.05) is 0 Å². The number of carbonyl (C=O) groups is 1. The van der Waals surface area contributed by atoms with Crippen LogP contribution in [0.4, 0.5) is 0 Å². The third-order valence-corrected chi connectivity index (χ3v) is 3.88. The second-order valence-electron chi connectivity index (χ2n) is 4.85. The molecule has 3 heterocycles. The molecule has 0 aliphatic carbocycles. The number of nitrogens with one attached hydrogen (secondary N) is 1. The zero-order valence-electron chi connectivity index (χ0n) is 12.3. The smallest absolute Gasteiger partial charge is 0.267 e. The number of aromatic nitrogens is 4. The van der Waals surface area contributed by atoms with Gasteiger partial charge in [-0.25, -0.2) is 4.68 Å². The molecule has 3 aromatic rings. The van der Waals surface area contributed by atoms with Crippen LogP contribution in [0.2, 0.25) is 0 Å². The third-order valence-electron chi connectivity index (χ3n) is 3.20. The van der Waals surface area contributed by atoms with Crippen LogP contribution in [0.25, 0.3) is 11.3 Å². The Morgan fingerprint density at radius 1 is 1.30 bits per heavy atom. The Labute approximate surface area is 136 Å². The van der Waals surface area contributed by atoms with Crippen molar-refractivity contribution in [2.45, 2.75) is 13.1 Å². The fourth-order valence-corrected chi connectivity index (χ4v) is 2.71. The number of nitrogens with zero attached hydrogens (tertiary/aromatic N) is 4. The average Bonchev–Trinajstić information content (AvgIpc) is 3.20. The van der Waals surface area contributed by atoms with E-state index in [0.717, 1.165) is 15.9 Å². The van der Waals surface area contributed by atoms with Gasteiger partial charge >= 0.3 is 0 Å². The summed E-state index contributed by atoms with van der Waals surface area (Å²) in [4.78, 5) is 23.3. The molecule has 118 valence electrons. The fraction of sp³-hybridized carbons (Fsp3) is 0.200. The first kappa shape index (κ1) is 15.2. The molecule has 0 aliphatic heterocycles. The number of hydrogen-bond donors (Lipinski definition) is 1. The molecule has 8 heteroatoms.